The Morgan fingerprint density at radius 3 is 2.90 bits per heavy atom. The number of methoxy groups -OCH3 is 1. The topological polar surface area (TPSA) is 140 Å². The molecular weight excluding hydrogens is 444 g/mol. The van der Waals surface area contributed by atoms with Gasteiger partial charge < -0.3 is 14.9 Å². The van der Waals surface area contributed by atoms with Crippen molar-refractivity contribution in [3.63, 3.8) is 0 Å². The van der Waals surface area contributed by atoms with Gasteiger partial charge in [0.2, 0.25) is 5.91 Å². The molecule has 0 unspecified atom stereocenters. The van der Waals surface area contributed by atoms with E-state index in [-0.39, 0.29) is 23.3 Å². The van der Waals surface area contributed by atoms with Gasteiger partial charge in [0.15, 0.2) is 0 Å². The first-order valence-corrected chi connectivity index (χ1v) is 12.0. The monoisotopic (exact) mass is 468 g/mol. The lowest BCUT2D eigenvalue weighted by molar-refractivity contribution is -0.757. The van der Waals surface area contributed by atoms with Crippen molar-refractivity contribution in [2.75, 3.05) is 40.0 Å². The van der Waals surface area contributed by atoms with E-state index in [0.717, 1.165) is 23.3 Å². The number of hydrogen-bond donors (Lipinski definition) is 2. The van der Waals surface area contributed by atoms with E-state index in [4.69, 9.17) is 4.74 Å². The molecule has 0 aromatic carbocycles. The Morgan fingerprint density at radius 2 is 2.24 bits per heavy atom. The highest BCUT2D eigenvalue weighted by atomic mass is 32.3. The molecule has 164 valence electrons. The number of nitrogens with one attached hydrogen (secondary N) is 2. The molecule has 0 radical (unpaired) electrons. The third-order valence-corrected chi connectivity index (χ3v) is 8.52. The Balaban J connectivity index is 2.09. The van der Waals surface area contributed by atoms with Crippen LogP contribution in [-0.2, 0) is 24.4 Å². The minimum absolute atomic E-state index is 0.143. The van der Waals surface area contributed by atoms with E-state index < -0.39 is 21.0 Å². The number of thiophene rings is 1. The first-order valence-electron chi connectivity index (χ1n) is 8.88. The van der Waals surface area contributed by atoms with E-state index in [1.165, 1.54) is 4.31 Å². The Morgan fingerprint density at radius 1 is 1.48 bits per heavy atom. The molecule has 0 bridgehead atoms. The van der Waals surface area contributed by atoms with Crippen LogP contribution in [0.3, 0.4) is 0 Å². The van der Waals surface area contributed by atoms with E-state index >= 15 is 0 Å². The predicted octanol–water partition coefficient (Wildman–Crippen LogP) is 1.16. The van der Waals surface area contributed by atoms with E-state index in [2.05, 4.69) is 14.9 Å². The molecule has 1 atom stereocenters. The molecule has 2 N–H and O–H groups in total. The fraction of sp³-hybridized carbons (Fsp3) is 0.667. The normalized spacial score (nSPS) is 18.2. The Bertz CT molecular complexity index is 815. The predicted molar refractivity (Wildman–Crippen MR) is 108 cm³/mol. The number of likely N-dealkylation sites (N-methyl/N-ethyl adjacent to an activating group) is 1. The van der Waals surface area contributed by atoms with Crippen LogP contribution in [0.4, 0.5) is 0 Å². The Kier molecular flexibility index (Phi) is 9.10. The maximum Gasteiger partial charge on any atom is 0.294 e. The lowest BCUT2D eigenvalue weighted by Crippen LogP contribution is -2.43. The molecule has 2 rings (SSSR count). The molecular formula is C15H24N4O7S3. The van der Waals surface area contributed by atoms with Gasteiger partial charge in [0.1, 0.15) is 10.8 Å². The molecule has 1 aliphatic heterocycles. The second kappa shape index (κ2) is 11.1. The van der Waals surface area contributed by atoms with Crippen LogP contribution in [0.5, 0.6) is 0 Å². The van der Waals surface area contributed by atoms with Gasteiger partial charge >= 0.3 is 0 Å². The third-order valence-electron chi connectivity index (χ3n) is 4.04. The number of hydrogen-bond acceptors (Lipinski definition) is 10. The van der Waals surface area contributed by atoms with Crippen molar-refractivity contribution in [3.05, 3.63) is 21.7 Å². The van der Waals surface area contributed by atoms with Crippen molar-refractivity contribution in [3.8, 4) is 0 Å². The maximum atomic E-state index is 13.0. The van der Waals surface area contributed by atoms with Gasteiger partial charge in [-0.2, -0.15) is 4.31 Å². The van der Waals surface area contributed by atoms with Crippen molar-refractivity contribution in [1.29, 1.82) is 0 Å². The minimum Gasteiger partial charge on any atom is -0.385 e. The zero-order valence-corrected chi connectivity index (χ0v) is 18.5. The summed E-state index contributed by atoms with van der Waals surface area (Å²) < 4.78 is 35.9. The second-order valence-corrected chi connectivity index (χ2v) is 10.4. The average Bonchev–Trinajstić information content (AvgIpc) is 3.09. The highest BCUT2D eigenvalue weighted by Gasteiger charge is 2.38. The summed E-state index contributed by atoms with van der Waals surface area (Å²) in [5, 5.41) is 12.4. The zero-order valence-electron chi connectivity index (χ0n) is 16.1. The van der Waals surface area contributed by atoms with Crippen molar-refractivity contribution < 1.29 is 27.9 Å². The number of fused-ring (bicyclic) bond motifs is 1. The van der Waals surface area contributed by atoms with Gasteiger partial charge in [-0.1, -0.05) is 6.92 Å². The Hall–Kier alpha value is -1.45. The molecule has 0 fully saturated rings. The molecule has 1 aromatic heterocycles. The fourth-order valence-corrected chi connectivity index (χ4v) is 7.11. The lowest BCUT2D eigenvalue weighted by Gasteiger charge is -2.32. The van der Waals surface area contributed by atoms with Gasteiger partial charge in [-0.05, 0) is 31.0 Å². The second-order valence-electron chi connectivity index (χ2n) is 6.06. The van der Waals surface area contributed by atoms with Crippen LogP contribution in [0.15, 0.2) is 14.5 Å². The van der Waals surface area contributed by atoms with Crippen molar-refractivity contribution in [2.45, 2.75) is 34.2 Å². The number of ether oxygens (including phenoxy) is 1. The SMILES string of the molecule is CCN[C@H]1CN(CCCOC)S(=O)(=O)c2sc(SNC(=O)CCO[N+](=O)[O-])cc21. The molecule has 0 saturated carbocycles. The zero-order chi connectivity index (χ0) is 21.4. The fourth-order valence-electron chi connectivity index (χ4n) is 2.77. The lowest BCUT2D eigenvalue weighted by atomic mass is 10.1. The molecule has 1 aromatic rings. The summed E-state index contributed by atoms with van der Waals surface area (Å²) in [5.41, 5.74) is 0.688. The molecule has 2 heterocycles. The average molecular weight is 469 g/mol. The van der Waals surface area contributed by atoms with Crippen LogP contribution in [0.25, 0.3) is 0 Å². The summed E-state index contributed by atoms with van der Waals surface area (Å²) in [6, 6.07) is 1.62. The van der Waals surface area contributed by atoms with E-state index in [1.54, 1.807) is 13.2 Å². The van der Waals surface area contributed by atoms with Gasteiger partial charge in [-0.15, -0.1) is 21.5 Å². The molecule has 11 nitrogen and oxygen atoms in total. The first-order chi connectivity index (χ1) is 13.8. The molecule has 14 heteroatoms. The van der Waals surface area contributed by atoms with Crippen LogP contribution in [-0.4, -0.2) is 63.7 Å². The summed E-state index contributed by atoms with van der Waals surface area (Å²) in [6.07, 6.45) is 0.420. The van der Waals surface area contributed by atoms with E-state index in [0.29, 0.717) is 42.4 Å². The van der Waals surface area contributed by atoms with Gasteiger partial charge in [0.25, 0.3) is 15.1 Å². The van der Waals surface area contributed by atoms with E-state index in [9.17, 15) is 23.3 Å². The Labute approximate surface area is 177 Å². The molecule has 0 spiro atoms. The number of amides is 1. The van der Waals surface area contributed by atoms with Crippen LogP contribution >= 0.6 is 23.3 Å². The third kappa shape index (κ3) is 6.52. The molecule has 0 saturated heterocycles. The van der Waals surface area contributed by atoms with Crippen LogP contribution < -0.4 is 10.0 Å². The largest absolute Gasteiger partial charge is 0.385 e. The van der Waals surface area contributed by atoms with Crippen molar-refractivity contribution in [1.82, 2.24) is 14.3 Å². The smallest absolute Gasteiger partial charge is 0.294 e. The number of nitrogens with zero attached hydrogens (tertiary/aromatic N) is 2. The van der Waals surface area contributed by atoms with Crippen LogP contribution in [0.1, 0.15) is 31.4 Å². The maximum absolute atomic E-state index is 13.0. The molecule has 1 aliphatic rings. The van der Waals surface area contributed by atoms with E-state index in [1.807, 2.05) is 6.92 Å². The quantitative estimate of drug-likeness (QED) is 0.200. The number of rotatable bonds is 12. The molecule has 1 amide bonds. The summed E-state index contributed by atoms with van der Waals surface area (Å²) in [6.45, 7) is 3.47. The summed E-state index contributed by atoms with van der Waals surface area (Å²) in [7, 11) is -2.05. The number of sulfonamides is 1. The van der Waals surface area contributed by atoms with Crippen LogP contribution in [0, 0.1) is 10.1 Å². The summed E-state index contributed by atoms with van der Waals surface area (Å²) in [4.78, 5) is 26.0. The standard InChI is InChI=1S/C15H24N4O7S3/c1-3-16-12-10-18(6-4-7-25-2)29(23,24)15-11(12)9-14(27-15)28-17-13(20)5-8-26-19(21)22/h9,12,16H,3-8,10H2,1-2H3,(H,17,20)/t12-/m0/s1. The minimum atomic E-state index is -3.62. The van der Waals surface area contributed by atoms with Gasteiger partial charge in [0, 0.05) is 38.4 Å². The number of carbonyl (C=O) groups is 1. The highest BCUT2D eigenvalue weighted by Crippen LogP contribution is 2.41. The van der Waals surface area contributed by atoms with Crippen molar-refractivity contribution in [2.24, 2.45) is 0 Å². The summed E-state index contributed by atoms with van der Waals surface area (Å²) >= 11 is 2.08. The van der Waals surface area contributed by atoms with Crippen molar-refractivity contribution >= 4 is 39.2 Å². The highest BCUT2D eigenvalue weighted by molar-refractivity contribution is 8.00. The molecule has 29 heavy (non-hydrogen) atoms. The molecule has 0 aliphatic carbocycles. The first kappa shape index (κ1) is 23.8. The van der Waals surface area contributed by atoms with Gasteiger partial charge in [0.05, 0.1) is 10.6 Å². The van der Waals surface area contributed by atoms with Gasteiger partial charge in [-0.3, -0.25) is 9.52 Å². The van der Waals surface area contributed by atoms with Gasteiger partial charge in [-0.25, -0.2) is 8.42 Å². The number of carbonyl (C=O) groups excluding carboxylic acids is 1. The summed E-state index contributed by atoms with van der Waals surface area (Å²) in [5.74, 6) is -0.449. The van der Waals surface area contributed by atoms with Crippen LogP contribution in [0.2, 0.25) is 0 Å².